The number of aliphatic hydroxyl groups excluding tert-OH is 1. The lowest BCUT2D eigenvalue weighted by Gasteiger charge is -2.28. The van der Waals surface area contributed by atoms with E-state index in [1.807, 2.05) is 12.1 Å². The molecule has 1 unspecified atom stereocenters. The average Bonchev–Trinajstić information content (AvgIpc) is 2.53. The van der Waals surface area contributed by atoms with Crippen molar-refractivity contribution < 1.29 is 14.6 Å². The van der Waals surface area contributed by atoms with Gasteiger partial charge in [0.1, 0.15) is 11.6 Å². The maximum atomic E-state index is 13.7. The highest BCUT2D eigenvalue weighted by Crippen LogP contribution is 2.19. The van der Waals surface area contributed by atoms with E-state index in [1.165, 1.54) is 6.07 Å². The molecule has 0 heterocycles. The second kappa shape index (κ2) is 7.57. The minimum absolute atomic E-state index is 0.190. The van der Waals surface area contributed by atoms with Gasteiger partial charge in [0, 0.05) is 17.6 Å². The molecule has 0 amide bonds. The second-order valence-electron chi connectivity index (χ2n) is 6.47. The Morgan fingerprint density at radius 2 is 1.74 bits per heavy atom. The van der Waals surface area contributed by atoms with Crippen LogP contribution in [0.2, 0.25) is 0 Å². The molecule has 0 aliphatic carbocycles. The number of phenolic OH excluding ortho intramolecular Hbond substituents is 1. The number of hydrogen-bond acceptors (Lipinski definition) is 3. The van der Waals surface area contributed by atoms with E-state index in [-0.39, 0.29) is 17.1 Å². The number of rotatable bonds is 7. The first kappa shape index (κ1) is 17.4. The minimum atomic E-state index is -0.871. The molecule has 0 saturated heterocycles. The summed E-state index contributed by atoms with van der Waals surface area (Å²) in [6, 6.07) is 13.5. The molecular formula is C19H24FNO2. The molecule has 0 fully saturated rings. The van der Waals surface area contributed by atoms with E-state index >= 15 is 0 Å². The molecule has 0 aromatic heterocycles. The lowest BCUT2D eigenvalue weighted by molar-refractivity contribution is 0.155. The number of aromatic hydroxyl groups is 1. The highest BCUT2D eigenvalue weighted by Gasteiger charge is 2.20. The summed E-state index contributed by atoms with van der Waals surface area (Å²) in [7, 11) is 0. The van der Waals surface area contributed by atoms with Crippen molar-refractivity contribution in [3.8, 4) is 5.75 Å². The van der Waals surface area contributed by atoms with Crippen LogP contribution in [-0.4, -0.2) is 22.3 Å². The van der Waals surface area contributed by atoms with Gasteiger partial charge in [0.2, 0.25) is 0 Å². The van der Waals surface area contributed by atoms with Crippen molar-refractivity contribution >= 4 is 0 Å². The molecule has 0 bridgehead atoms. The molecule has 1 atom stereocenters. The Morgan fingerprint density at radius 3 is 2.39 bits per heavy atom. The molecule has 3 nitrogen and oxygen atoms in total. The summed E-state index contributed by atoms with van der Waals surface area (Å²) in [5, 5.41) is 22.7. The van der Waals surface area contributed by atoms with E-state index in [1.54, 1.807) is 30.3 Å². The number of halogens is 1. The maximum absolute atomic E-state index is 13.7. The third-order valence-corrected chi connectivity index (χ3v) is 4.01. The Morgan fingerprint density at radius 1 is 1.09 bits per heavy atom. The van der Waals surface area contributed by atoms with Crippen molar-refractivity contribution in [1.82, 2.24) is 5.32 Å². The molecule has 3 N–H and O–H groups in total. The van der Waals surface area contributed by atoms with Crippen LogP contribution in [0.1, 0.15) is 37.5 Å². The Bertz CT molecular complexity index is 626. The molecule has 0 saturated carbocycles. The van der Waals surface area contributed by atoms with E-state index < -0.39 is 6.10 Å². The van der Waals surface area contributed by atoms with Gasteiger partial charge in [-0.3, -0.25) is 0 Å². The van der Waals surface area contributed by atoms with Crippen molar-refractivity contribution in [2.75, 3.05) is 6.54 Å². The van der Waals surface area contributed by atoms with Crippen molar-refractivity contribution in [1.29, 1.82) is 0 Å². The number of aliphatic hydroxyl groups is 1. The molecule has 124 valence electrons. The predicted octanol–water partition coefficient (Wildman–Crippen LogP) is 3.57. The molecule has 2 aromatic rings. The number of β-amino-alcohol motifs (C(OH)–C–C–N with tert-alkyl or cyclic N) is 1. The molecular weight excluding hydrogens is 293 g/mol. The van der Waals surface area contributed by atoms with E-state index in [9.17, 15) is 14.6 Å². The van der Waals surface area contributed by atoms with Crippen molar-refractivity contribution in [2.45, 2.75) is 38.3 Å². The maximum Gasteiger partial charge on any atom is 0.129 e. The first-order valence-corrected chi connectivity index (χ1v) is 7.83. The van der Waals surface area contributed by atoms with Crippen molar-refractivity contribution in [3.05, 3.63) is 65.5 Å². The van der Waals surface area contributed by atoms with Gasteiger partial charge in [-0.2, -0.15) is 0 Å². The summed E-state index contributed by atoms with van der Waals surface area (Å²) in [6.45, 7) is 4.41. The molecule has 2 aromatic carbocycles. The van der Waals surface area contributed by atoms with Gasteiger partial charge in [-0.1, -0.05) is 30.3 Å². The van der Waals surface area contributed by atoms with Crippen LogP contribution in [0.15, 0.2) is 48.5 Å². The number of aryl methyl sites for hydroxylation is 1. The second-order valence-corrected chi connectivity index (χ2v) is 6.47. The van der Waals surface area contributed by atoms with Gasteiger partial charge in [-0.25, -0.2) is 4.39 Å². The minimum Gasteiger partial charge on any atom is -0.508 e. The summed E-state index contributed by atoms with van der Waals surface area (Å²) >= 11 is 0. The Hall–Kier alpha value is -1.91. The molecule has 2 rings (SSSR count). The van der Waals surface area contributed by atoms with Crippen LogP contribution in [-0.2, 0) is 6.42 Å². The monoisotopic (exact) mass is 317 g/mol. The van der Waals surface area contributed by atoms with Crippen LogP contribution >= 0.6 is 0 Å². The number of phenols is 1. The quantitative estimate of drug-likeness (QED) is 0.732. The zero-order valence-electron chi connectivity index (χ0n) is 13.6. The highest BCUT2D eigenvalue weighted by atomic mass is 19.1. The lowest BCUT2D eigenvalue weighted by Crippen LogP contribution is -2.42. The summed E-state index contributed by atoms with van der Waals surface area (Å²) in [5.74, 6) is -0.122. The SMILES string of the molecule is CC(C)(CCc1ccc(O)cc1)NCC(O)c1ccccc1F. The summed E-state index contributed by atoms with van der Waals surface area (Å²) < 4.78 is 13.7. The van der Waals surface area contributed by atoms with Crippen molar-refractivity contribution in [3.63, 3.8) is 0 Å². The standard InChI is InChI=1S/C19H24FNO2/c1-19(2,12-11-14-7-9-15(22)10-8-14)21-13-18(23)16-5-3-4-6-17(16)20/h3-10,18,21-23H,11-13H2,1-2H3. The van der Waals surface area contributed by atoms with Crippen LogP contribution in [0.3, 0.4) is 0 Å². The van der Waals surface area contributed by atoms with E-state index in [0.717, 1.165) is 18.4 Å². The fourth-order valence-corrected chi connectivity index (χ4v) is 2.44. The summed E-state index contributed by atoms with van der Waals surface area (Å²) in [5.41, 5.74) is 1.27. The molecule has 0 radical (unpaired) electrons. The smallest absolute Gasteiger partial charge is 0.129 e. The number of benzene rings is 2. The Kier molecular flexibility index (Phi) is 5.74. The van der Waals surface area contributed by atoms with Gasteiger partial charge in [-0.15, -0.1) is 0 Å². The van der Waals surface area contributed by atoms with Crippen LogP contribution < -0.4 is 5.32 Å². The Labute approximate surface area is 136 Å². The van der Waals surface area contributed by atoms with Gasteiger partial charge in [-0.05, 0) is 50.5 Å². The lowest BCUT2D eigenvalue weighted by atomic mass is 9.94. The first-order valence-electron chi connectivity index (χ1n) is 7.83. The predicted molar refractivity (Wildman–Crippen MR) is 89.9 cm³/mol. The van der Waals surface area contributed by atoms with Gasteiger partial charge in [0.15, 0.2) is 0 Å². The van der Waals surface area contributed by atoms with Crippen molar-refractivity contribution in [2.24, 2.45) is 0 Å². The third-order valence-electron chi connectivity index (χ3n) is 4.01. The first-order chi connectivity index (χ1) is 10.9. The van der Waals surface area contributed by atoms with Gasteiger partial charge < -0.3 is 15.5 Å². The van der Waals surface area contributed by atoms with Crippen LogP contribution in [0.5, 0.6) is 5.75 Å². The molecule has 23 heavy (non-hydrogen) atoms. The molecule has 4 heteroatoms. The fourth-order valence-electron chi connectivity index (χ4n) is 2.44. The Balaban J connectivity index is 1.86. The van der Waals surface area contributed by atoms with E-state index in [4.69, 9.17) is 0 Å². The molecule has 0 aliphatic rings. The van der Waals surface area contributed by atoms with Gasteiger partial charge in [0.25, 0.3) is 0 Å². The van der Waals surface area contributed by atoms with Crippen LogP contribution in [0.25, 0.3) is 0 Å². The third kappa shape index (κ3) is 5.34. The zero-order valence-corrected chi connectivity index (χ0v) is 13.6. The average molecular weight is 317 g/mol. The van der Waals surface area contributed by atoms with E-state index in [2.05, 4.69) is 19.2 Å². The normalized spacial score (nSPS) is 13.0. The van der Waals surface area contributed by atoms with Gasteiger partial charge >= 0.3 is 0 Å². The van der Waals surface area contributed by atoms with Gasteiger partial charge in [0.05, 0.1) is 6.10 Å². The number of nitrogens with one attached hydrogen (secondary N) is 1. The highest BCUT2D eigenvalue weighted by molar-refractivity contribution is 5.26. The van der Waals surface area contributed by atoms with Crippen LogP contribution in [0.4, 0.5) is 4.39 Å². The molecule has 0 aliphatic heterocycles. The summed E-state index contributed by atoms with van der Waals surface area (Å²) in [6.07, 6.45) is 0.849. The van der Waals surface area contributed by atoms with E-state index in [0.29, 0.717) is 12.1 Å². The largest absolute Gasteiger partial charge is 0.508 e. The van der Waals surface area contributed by atoms with Crippen LogP contribution in [0, 0.1) is 5.82 Å². The fraction of sp³-hybridized carbons (Fsp3) is 0.368. The topological polar surface area (TPSA) is 52.5 Å². The zero-order chi connectivity index (χ0) is 16.9. The molecule has 0 spiro atoms. The number of hydrogen-bond donors (Lipinski definition) is 3. The summed E-state index contributed by atoms with van der Waals surface area (Å²) in [4.78, 5) is 0.